The first-order chi connectivity index (χ1) is 9.74. The number of oxime groups is 1. The highest BCUT2D eigenvalue weighted by atomic mass is 16.5. The molecule has 3 N–H and O–H groups in total. The molecule has 2 rings (SSSR count). The summed E-state index contributed by atoms with van der Waals surface area (Å²) in [6.45, 7) is 0.493. The Morgan fingerprint density at radius 3 is 2.95 bits per heavy atom. The minimum atomic E-state index is -0.0545. The van der Waals surface area contributed by atoms with Crippen LogP contribution in [-0.4, -0.2) is 23.1 Å². The lowest BCUT2D eigenvalue weighted by Crippen LogP contribution is -2.14. The Hall–Kier alpha value is -2.60. The van der Waals surface area contributed by atoms with Crippen LogP contribution in [0.25, 0.3) is 0 Å². The van der Waals surface area contributed by atoms with Crippen molar-refractivity contribution in [3.63, 3.8) is 0 Å². The second-order valence-electron chi connectivity index (χ2n) is 4.02. The molecule has 104 valence electrons. The molecule has 0 saturated heterocycles. The molecule has 1 aromatic heterocycles. The van der Waals surface area contributed by atoms with E-state index in [0.29, 0.717) is 17.9 Å². The van der Waals surface area contributed by atoms with E-state index in [-0.39, 0.29) is 11.7 Å². The maximum absolute atomic E-state index is 8.76. The zero-order chi connectivity index (χ0) is 14.4. The van der Waals surface area contributed by atoms with E-state index in [1.54, 1.807) is 31.5 Å². The van der Waals surface area contributed by atoms with Gasteiger partial charge in [-0.05, 0) is 29.8 Å². The Bertz CT molecular complexity index is 614. The standard InChI is InChI=1S/C14H15N3O3/c1-19-9-10-4-2-5-11(8-10)20-14-12(13(15)17-18)6-3-7-16-14/h2-8,18H,9H2,1H3,(H2,15,17). The normalized spacial score (nSPS) is 11.3. The summed E-state index contributed by atoms with van der Waals surface area (Å²) in [5, 5.41) is 11.7. The number of amidine groups is 1. The van der Waals surface area contributed by atoms with E-state index in [9.17, 15) is 0 Å². The van der Waals surface area contributed by atoms with E-state index in [2.05, 4.69) is 10.1 Å². The first kappa shape index (κ1) is 13.8. The van der Waals surface area contributed by atoms with Crippen LogP contribution in [0.1, 0.15) is 11.1 Å². The van der Waals surface area contributed by atoms with Crippen LogP contribution in [-0.2, 0) is 11.3 Å². The van der Waals surface area contributed by atoms with Gasteiger partial charge in [-0.3, -0.25) is 0 Å². The zero-order valence-electron chi connectivity index (χ0n) is 11.0. The number of ether oxygens (including phenoxy) is 2. The molecule has 1 aromatic carbocycles. The second kappa shape index (κ2) is 6.53. The van der Waals surface area contributed by atoms with Gasteiger partial charge < -0.3 is 20.4 Å². The first-order valence-corrected chi connectivity index (χ1v) is 5.93. The van der Waals surface area contributed by atoms with Gasteiger partial charge in [-0.15, -0.1) is 0 Å². The van der Waals surface area contributed by atoms with Crippen LogP contribution in [0.15, 0.2) is 47.8 Å². The summed E-state index contributed by atoms with van der Waals surface area (Å²) in [4.78, 5) is 4.09. The molecule has 0 aliphatic rings. The monoisotopic (exact) mass is 273 g/mol. The number of methoxy groups -OCH3 is 1. The molecule has 0 saturated carbocycles. The summed E-state index contributed by atoms with van der Waals surface area (Å²) in [7, 11) is 1.63. The second-order valence-corrected chi connectivity index (χ2v) is 4.02. The van der Waals surface area contributed by atoms with Crippen molar-refractivity contribution >= 4 is 5.84 Å². The van der Waals surface area contributed by atoms with Gasteiger partial charge in [0.2, 0.25) is 5.88 Å². The molecule has 0 aliphatic heterocycles. The molecule has 6 heteroatoms. The van der Waals surface area contributed by atoms with Gasteiger partial charge in [0.15, 0.2) is 5.84 Å². The lowest BCUT2D eigenvalue weighted by atomic mass is 10.2. The number of rotatable bonds is 5. The molecular formula is C14H15N3O3. The maximum Gasteiger partial charge on any atom is 0.230 e. The van der Waals surface area contributed by atoms with Gasteiger partial charge in [-0.1, -0.05) is 17.3 Å². The molecule has 1 heterocycles. The summed E-state index contributed by atoms with van der Waals surface area (Å²) in [6.07, 6.45) is 1.57. The lowest BCUT2D eigenvalue weighted by Gasteiger charge is -2.09. The largest absolute Gasteiger partial charge is 0.438 e. The van der Waals surface area contributed by atoms with Crippen LogP contribution in [0.4, 0.5) is 0 Å². The molecular weight excluding hydrogens is 258 g/mol. The zero-order valence-corrected chi connectivity index (χ0v) is 11.0. The summed E-state index contributed by atoms with van der Waals surface area (Å²) >= 11 is 0. The third-order valence-electron chi connectivity index (χ3n) is 2.58. The summed E-state index contributed by atoms with van der Waals surface area (Å²) in [5.74, 6) is 0.823. The minimum absolute atomic E-state index is 0.0545. The maximum atomic E-state index is 8.76. The summed E-state index contributed by atoms with van der Waals surface area (Å²) in [5.41, 5.74) is 6.99. The van der Waals surface area contributed by atoms with Crippen molar-refractivity contribution in [3.05, 3.63) is 53.7 Å². The van der Waals surface area contributed by atoms with Crippen LogP contribution in [0.2, 0.25) is 0 Å². The number of benzene rings is 1. The van der Waals surface area contributed by atoms with Crippen molar-refractivity contribution in [3.8, 4) is 11.6 Å². The summed E-state index contributed by atoms with van der Waals surface area (Å²) in [6, 6.07) is 10.8. The highest BCUT2D eigenvalue weighted by Gasteiger charge is 2.10. The van der Waals surface area contributed by atoms with Crippen molar-refractivity contribution in [2.45, 2.75) is 6.61 Å². The lowest BCUT2D eigenvalue weighted by molar-refractivity contribution is 0.184. The molecule has 0 aliphatic carbocycles. The fourth-order valence-corrected chi connectivity index (χ4v) is 1.70. The molecule has 20 heavy (non-hydrogen) atoms. The van der Waals surface area contributed by atoms with E-state index in [1.165, 1.54) is 0 Å². The average molecular weight is 273 g/mol. The van der Waals surface area contributed by atoms with Gasteiger partial charge in [0.1, 0.15) is 5.75 Å². The fourth-order valence-electron chi connectivity index (χ4n) is 1.70. The van der Waals surface area contributed by atoms with Crippen molar-refractivity contribution < 1.29 is 14.7 Å². The SMILES string of the molecule is COCc1cccc(Oc2ncccc2C(N)=NO)c1. The van der Waals surface area contributed by atoms with Gasteiger partial charge in [0.25, 0.3) is 0 Å². The van der Waals surface area contributed by atoms with E-state index in [1.807, 2.05) is 18.2 Å². The van der Waals surface area contributed by atoms with Crippen molar-refractivity contribution in [2.24, 2.45) is 10.9 Å². The summed E-state index contributed by atoms with van der Waals surface area (Å²) < 4.78 is 10.7. The van der Waals surface area contributed by atoms with Gasteiger partial charge >= 0.3 is 0 Å². The number of aromatic nitrogens is 1. The van der Waals surface area contributed by atoms with Crippen molar-refractivity contribution in [1.29, 1.82) is 0 Å². The van der Waals surface area contributed by atoms with Crippen LogP contribution >= 0.6 is 0 Å². The molecule has 0 bridgehead atoms. The molecule has 0 atom stereocenters. The van der Waals surface area contributed by atoms with Crippen LogP contribution in [0, 0.1) is 0 Å². The van der Waals surface area contributed by atoms with Gasteiger partial charge in [-0.25, -0.2) is 4.98 Å². The van der Waals surface area contributed by atoms with Crippen molar-refractivity contribution in [2.75, 3.05) is 7.11 Å². The predicted octanol–water partition coefficient (Wildman–Crippen LogP) is 2.11. The number of pyridine rings is 1. The topological polar surface area (TPSA) is 90.0 Å². The number of nitrogens with zero attached hydrogens (tertiary/aromatic N) is 2. The number of nitrogens with two attached hydrogens (primary N) is 1. The van der Waals surface area contributed by atoms with Gasteiger partial charge in [-0.2, -0.15) is 0 Å². The van der Waals surface area contributed by atoms with Crippen LogP contribution < -0.4 is 10.5 Å². The highest BCUT2D eigenvalue weighted by molar-refractivity contribution is 5.99. The van der Waals surface area contributed by atoms with Crippen LogP contribution in [0.5, 0.6) is 11.6 Å². The third kappa shape index (κ3) is 3.24. The molecule has 0 radical (unpaired) electrons. The van der Waals surface area contributed by atoms with E-state index in [4.69, 9.17) is 20.4 Å². The fraction of sp³-hybridized carbons (Fsp3) is 0.143. The van der Waals surface area contributed by atoms with E-state index >= 15 is 0 Å². The predicted molar refractivity (Wildman–Crippen MR) is 74.0 cm³/mol. The number of hydrogen-bond donors (Lipinski definition) is 2. The molecule has 0 spiro atoms. The molecule has 6 nitrogen and oxygen atoms in total. The van der Waals surface area contributed by atoms with Gasteiger partial charge in [0, 0.05) is 13.3 Å². The minimum Gasteiger partial charge on any atom is -0.438 e. The van der Waals surface area contributed by atoms with E-state index < -0.39 is 0 Å². The molecule has 0 amide bonds. The van der Waals surface area contributed by atoms with Gasteiger partial charge in [0.05, 0.1) is 12.2 Å². The van der Waals surface area contributed by atoms with E-state index in [0.717, 1.165) is 5.56 Å². The Balaban J connectivity index is 2.28. The average Bonchev–Trinajstić information content (AvgIpc) is 2.48. The Kier molecular flexibility index (Phi) is 4.52. The Morgan fingerprint density at radius 2 is 2.20 bits per heavy atom. The molecule has 0 unspecified atom stereocenters. The van der Waals surface area contributed by atoms with Crippen molar-refractivity contribution in [1.82, 2.24) is 4.98 Å². The Labute approximate surface area is 116 Å². The first-order valence-electron chi connectivity index (χ1n) is 5.93. The van der Waals surface area contributed by atoms with Crippen LogP contribution in [0.3, 0.4) is 0 Å². The quantitative estimate of drug-likeness (QED) is 0.377. The molecule has 0 fully saturated rings. The third-order valence-corrected chi connectivity index (χ3v) is 2.58. The number of hydrogen-bond acceptors (Lipinski definition) is 5. The molecule has 2 aromatic rings. The Morgan fingerprint density at radius 1 is 1.35 bits per heavy atom. The smallest absolute Gasteiger partial charge is 0.230 e. The highest BCUT2D eigenvalue weighted by Crippen LogP contribution is 2.23.